The Morgan fingerprint density at radius 3 is 2.60 bits per heavy atom. The highest BCUT2D eigenvalue weighted by atomic mass is 19.4. The number of aromatic nitrogens is 3. The minimum Gasteiger partial charge on any atom is -0.445 e. The molecular weight excluding hydrogens is 206 g/mol. The Hall–Kier alpha value is -1.79. The van der Waals surface area contributed by atoms with Gasteiger partial charge in [-0.15, -0.1) is 0 Å². The molecule has 0 saturated heterocycles. The van der Waals surface area contributed by atoms with E-state index in [1.54, 1.807) is 12.3 Å². The molecule has 0 N–H and O–H groups in total. The number of hydrogen-bond acceptors (Lipinski definition) is 2. The quantitative estimate of drug-likeness (QED) is 0.702. The van der Waals surface area contributed by atoms with E-state index in [0.29, 0.717) is 5.69 Å². The molecule has 0 fully saturated rings. The van der Waals surface area contributed by atoms with Crippen molar-refractivity contribution in [2.75, 3.05) is 0 Å². The number of pyridine rings is 1. The first-order valence-electron chi connectivity index (χ1n) is 4.22. The molecule has 0 aliphatic heterocycles. The third kappa shape index (κ3) is 2.00. The minimum absolute atomic E-state index is 0.303. The van der Waals surface area contributed by atoms with Gasteiger partial charge in [-0.3, -0.25) is 4.98 Å². The lowest BCUT2D eigenvalue weighted by molar-refractivity contribution is 0.500. The molecule has 3 nitrogen and oxygen atoms in total. The molecule has 0 radical (unpaired) electrons. The number of rotatable bonds is 2. The molecule has 78 valence electrons. The summed E-state index contributed by atoms with van der Waals surface area (Å²) in [6.07, 6.45) is 5.20. The summed E-state index contributed by atoms with van der Waals surface area (Å²) in [6.45, 7) is -5.01. The molecule has 2 heterocycles. The minimum atomic E-state index is -5.01. The molecule has 2 aromatic rings. The van der Waals surface area contributed by atoms with Crippen molar-refractivity contribution in [2.45, 2.75) is 0 Å². The van der Waals surface area contributed by atoms with Gasteiger partial charge in [0.1, 0.15) is 0 Å². The van der Waals surface area contributed by atoms with Crippen molar-refractivity contribution in [1.29, 1.82) is 0 Å². The Morgan fingerprint density at radius 2 is 2.00 bits per heavy atom. The van der Waals surface area contributed by atoms with Gasteiger partial charge < -0.3 is 12.9 Å². The molecule has 0 aliphatic carbocycles. The fourth-order valence-corrected chi connectivity index (χ4v) is 1.17. The van der Waals surface area contributed by atoms with E-state index in [1.807, 2.05) is 0 Å². The number of nitrogens with zero attached hydrogens (tertiary/aromatic N) is 3. The SMILES string of the molecule is F[B-](F)(F)c1cncc(-n2cccn2)c1. The number of halogens is 3. The molecule has 0 atom stereocenters. The van der Waals surface area contributed by atoms with E-state index in [-0.39, 0.29) is 0 Å². The lowest BCUT2D eigenvalue weighted by Crippen LogP contribution is -2.34. The van der Waals surface area contributed by atoms with Gasteiger partial charge in [-0.25, -0.2) is 4.68 Å². The summed E-state index contributed by atoms with van der Waals surface area (Å²) in [5.74, 6) is 0. The second kappa shape index (κ2) is 3.41. The van der Waals surface area contributed by atoms with Crippen LogP contribution in [0.2, 0.25) is 0 Å². The van der Waals surface area contributed by atoms with Crippen molar-refractivity contribution in [3.05, 3.63) is 36.9 Å². The summed E-state index contributed by atoms with van der Waals surface area (Å²) < 4.78 is 38.5. The zero-order chi connectivity index (χ0) is 10.9. The van der Waals surface area contributed by atoms with Crippen molar-refractivity contribution in [2.24, 2.45) is 0 Å². The molecule has 2 aromatic heterocycles. The summed E-state index contributed by atoms with van der Waals surface area (Å²) >= 11 is 0. The summed E-state index contributed by atoms with van der Waals surface area (Å²) in [5.41, 5.74) is -0.417. The molecule has 0 unspecified atom stereocenters. The van der Waals surface area contributed by atoms with Crippen LogP contribution < -0.4 is 5.46 Å². The maximum Gasteiger partial charge on any atom is 0.511 e. The van der Waals surface area contributed by atoms with Gasteiger partial charge in [0, 0.05) is 18.6 Å². The lowest BCUT2D eigenvalue weighted by atomic mass is 9.81. The Labute approximate surface area is 83.6 Å². The first-order chi connectivity index (χ1) is 7.07. The van der Waals surface area contributed by atoms with Crippen molar-refractivity contribution >= 4 is 12.4 Å². The molecule has 0 aliphatic rings. The monoisotopic (exact) mass is 212 g/mol. The van der Waals surface area contributed by atoms with Crippen molar-refractivity contribution < 1.29 is 12.9 Å². The average Bonchev–Trinajstić information content (AvgIpc) is 2.69. The maximum atomic E-state index is 12.4. The third-order valence-corrected chi connectivity index (χ3v) is 1.89. The van der Waals surface area contributed by atoms with Crippen LogP contribution in [0, 0.1) is 0 Å². The van der Waals surface area contributed by atoms with E-state index in [4.69, 9.17) is 0 Å². The van der Waals surface area contributed by atoms with Gasteiger partial charge in [-0.2, -0.15) is 5.10 Å². The van der Waals surface area contributed by atoms with Gasteiger partial charge in [0.05, 0.1) is 11.9 Å². The van der Waals surface area contributed by atoms with Gasteiger partial charge in [-0.1, -0.05) is 11.5 Å². The van der Waals surface area contributed by atoms with Crippen LogP contribution in [-0.2, 0) is 0 Å². The van der Waals surface area contributed by atoms with E-state index >= 15 is 0 Å². The van der Waals surface area contributed by atoms with Crippen molar-refractivity contribution in [3.63, 3.8) is 0 Å². The largest absolute Gasteiger partial charge is 0.511 e. The highest BCUT2D eigenvalue weighted by molar-refractivity contribution is 6.73. The predicted molar refractivity (Wildman–Crippen MR) is 50.1 cm³/mol. The van der Waals surface area contributed by atoms with Crippen LogP contribution in [0.3, 0.4) is 0 Å². The zero-order valence-electron chi connectivity index (χ0n) is 7.52. The molecule has 0 bridgehead atoms. The van der Waals surface area contributed by atoms with Crippen molar-refractivity contribution in [1.82, 2.24) is 14.8 Å². The second-order valence-electron chi connectivity index (χ2n) is 3.00. The normalized spacial score (nSPS) is 11.7. The van der Waals surface area contributed by atoms with Gasteiger partial charge in [0.25, 0.3) is 0 Å². The van der Waals surface area contributed by atoms with Crippen molar-refractivity contribution in [3.8, 4) is 5.69 Å². The Morgan fingerprint density at radius 1 is 1.20 bits per heavy atom. The van der Waals surface area contributed by atoms with Gasteiger partial charge in [-0.05, 0) is 6.07 Å². The van der Waals surface area contributed by atoms with Crippen LogP contribution in [0.15, 0.2) is 36.9 Å². The molecule has 0 saturated carbocycles. The van der Waals surface area contributed by atoms with E-state index in [9.17, 15) is 12.9 Å². The average molecular weight is 212 g/mol. The summed E-state index contributed by atoms with van der Waals surface area (Å²) in [7, 11) is 0. The molecule has 2 rings (SSSR count). The first-order valence-corrected chi connectivity index (χ1v) is 4.22. The highest BCUT2D eigenvalue weighted by Gasteiger charge is 2.26. The third-order valence-electron chi connectivity index (χ3n) is 1.89. The van der Waals surface area contributed by atoms with Crippen LogP contribution in [0.4, 0.5) is 12.9 Å². The van der Waals surface area contributed by atoms with Gasteiger partial charge in [0.2, 0.25) is 0 Å². The molecule has 7 heteroatoms. The molecule has 0 spiro atoms. The first kappa shape index (κ1) is 9.76. The van der Waals surface area contributed by atoms with Crippen LogP contribution >= 0.6 is 0 Å². The van der Waals surface area contributed by atoms with Crippen LogP contribution in [0.5, 0.6) is 0 Å². The molecular formula is C8H6BF3N3-. The summed E-state index contributed by atoms with van der Waals surface area (Å²) in [4.78, 5) is 3.54. The highest BCUT2D eigenvalue weighted by Crippen LogP contribution is 2.10. The summed E-state index contributed by atoms with van der Waals surface area (Å²) in [5, 5.41) is 3.83. The van der Waals surface area contributed by atoms with Crippen LogP contribution in [-0.4, -0.2) is 21.7 Å². The lowest BCUT2D eigenvalue weighted by Gasteiger charge is -2.14. The Bertz CT molecular complexity index is 452. The second-order valence-corrected chi connectivity index (χ2v) is 3.00. The van der Waals surface area contributed by atoms with Gasteiger partial charge >= 0.3 is 6.98 Å². The van der Waals surface area contributed by atoms with E-state index in [2.05, 4.69) is 10.1 Å². The molecule has 15 heavy (non-hydrogen) atoms. The zero-order valence-corrected chi connectivity index (χ0v) is 7.52. The van der Waals surface area contributed by atoms with E-state index < -0.39 is 12.4 Å². The predicted octanol–water partition coefficient (Wildman–Crippen LogP) is 1.32. The molecule has 0 amide bonds. The smallest absolute Gasteiger partial charge is 0.445 e. The van der Waals surface area contributed by atoms with E-state index in [0.717, 1.165) is 12.3 Å². The van der Waals surface area contributed by atoms with Crippen LogP contribution in [0.1, 0.15) is 0 Å². The summed E-state index contributed by atoms with van der Waals surface area (Å²) in [6, 6.07) is 2.66. The topological polar surface area (TPSA) is 30.7 Å². The van der Waals surface area contributed by atoms with Crippen LogP contribution in [0.25, 0.3) is 5.69 Å². The Kier molecular flexibility index (Phi) is 2.22. The Balaban J connectivity index is 2.44. The number of hydrogen-bond donors (Lipinski definition) is 0. The van der Waals surface area contributed by atoms with E-state index in [1.165, 1.54) is 17.1 Å². The standard InChI is InChI=1S/C8H6BF3N3/c10-9(11,12)7-4-8(6-13-5-7)15-3-1-2-14-15/h1-6H/q-1. The molecule has 0 aromatic carbocycles. The maximum absolute atomic E-state index is 12.4. The van der Waals surface area contributed by atoms with Gasteiger partial charge in [0.15, 0.2) is 0 Å². The fourth-order valence-electron chi connectivity index (χ4n) is 1.17. The fraction of sp³-hybridized carbons (Fsp3) is 0.